The van der Waals surface area contributed by atoms with Gasteiger partial charge in [0.1, 0.15) is 0 Å². The van der Waals surface area contributed by atoms with Crippen LogP contribution in [-0.4, -0.2) is 9.97 Å². The number of hydrogen-bond acceptors (Lipinski definition) is 2. The molecule has 0 fully saturated rings. The van der Waals surface area contributed by atoms with Gasteiger partial charge >= 0.3 is 0 Å². The molecule has 0 unspecified atom stereocenters. The Bertz CT molecular complexity index is 938. The van der Waals surface area contributed by atoms with E-state index in [2.05, 4.69) is 22.1 Å². The molecule has 0 aliphatic heterocycles. The first-order valence-electron chi connectivity index (χ1n) is 9.36. The number of aromatic nitrogens is 2. The Morgan fingerprint density at radius 1 is 0.731 bits per heavy atom. The molecule has 2 aromatic carbocycles. The van der Waals surface area contributed by atoms with Gasteiger partial charge in [-0.15, -0.1) is 71.8 Å². The average Bonchev–Trinajstić information content (AvgIpc) is 2.76. The van der Waals surface area contributed by atoms with Gasteiger partial charge in [0.2, 0.25) is 0 Å². The Kier molecular flexibility index (Phi) is 6.25. The van der Waals surface area contributed by atoms with Crippen LogP contribution in [0.5, 0.6) is 0 Å². The predicted molar refractivity (Wildman–Crippen MR) is 102 cm³/mol. The second kappa shape index (κ2) is 10.4. The van der Waals surface area contributed by atoms with Crippen LogP contribution < -0.4 is 0 Å². The van der Waals surface area contributed by atoms with Crippen molar-refractivity contribution in [1.82, 2.24) is 9.97 Å². The van der Waals surface area contributed by atoms with Gasteiger partial charge < -0.3 is 9.97 Å². The maximum Gasteiger partial charge on any atom is 0.0280 e. The van der Waals surface area contributed by atoms with Crippen LogP contribution in [0.25, 0.3) is 22.5 Å². The molecule has 2 heterocycles. The molecule has 0 aliphatic rings. The van der Waals surface area contributed by atoms with Crippen molar-refractivity contribution >= 4 is 0 Å². The van der Waals surface area contributed by atoms with E-state index in [0.717, 1.165) is 22.5 Å². The van der Waals surface area contributed by atoms with Crippen molar-refractivity contribution in [1.29, 1.82) is 0 Å². The number of nitrogens with zero attached hydrogens (tertiary/aromatic N) is 2. The van der Waals surface area contributed by atoms with Gasteiger partial charge in [0.05, 0.1) is 0 Å². The van der Waals surface area contributed by atoms with Crippen molar-refractivity contribution in [2.45, 2.75) is 6.85 Å². The van der Waals surface area contributed by atoms with E-state index in [4.69, 9.17) is 4.11 Å². The molecule has 0 N–H and O–H groups in total. The predicted octanol–water partition coefficient (Wildman–Crippen LogP) is 5.40. The first-order chi connectivity index (χ1) is 13.5. The zero-order valence-electron chi connectivity index (χ0n) is 16.9. The van der Waals surface area contributed by atoms with E-state index in [9.17, 15) is 0 Å². The molecule has 1 radical (unpaired) electrons. The number of pyridine rings is 2. The maximum absolute atomic E-state index is 7.23. The molecular formula is C23H18IrN2-2. The summed E-state index contributed by atoms with van der Waals surface area (Å²) in [5.74, 6) is 0. The molecule has 3 heteroatoms. The van der Waals surface area contributed by atoms with Gasteiger partial charge in [-0.3, -0.25) is 0 Å². The van der Waals surface area contributed by atoms with E-state index in [0.29, 0.717) is 0 Å². The smallest absolute Gasteiger partial charge is 0.0280 e. The van der Waals surface area contributed by atoms with Crippen molar-refractivity contribution in [3.05, 3.63) is 109 Å². The Labute approximate surface area is 172 Å². The summed E-state index contributed by atoms with van der Waals surface area (Å²) in [6.07, 6.45) is 3.18. The molecular weight excluding hydrogens is 496 g/mol. The standard InChI is InChI=1S/C12H10N.C11H8N.Ir/c1-10-7-8-12(13-9-10)11-5-3-2-4-6-11;1-2-6-10(7-3-1)11-8-4-5-9-12-11;/h2-5,7-9H,1H3;1-6,8-9H;/q2*-1;/i1D3;;. The minimum atomic E-state index is -2.09. The van der Waals surface area contributed by atoms with E-state index in [-0.39, 0.29) is 25.7 Å². The molecule has 0 spiro atoms. The Balaban J connectivity index is 0.000000207. The first-order valence-corrected chi connectivity index (χ1v) is 7.86. The van der Waals surface area contributed by atoms with Crippen LogP contribution in [0, 0.1) is 19.0 Å². The molecule has 0 aliphatic carbocycles. The molecule has 2 aromatic heterocycles. The van der Waals surface area contributed by atoms with Gasteiger partial charge in [0.25, 0.3) is 0 Å². The first kappa shape index (κ1) is 15.6. The van der Waals surface area contributed by atoms with Gasteiger partial charge in [-0.05, 0) is 29.9 Å². The van der Waals surface area contributed by atoms with E-state index in [1.807, 2.05) is 60.7 Å². The van der Waals surface area contributed by atoms with Gasteiger partial charge in [-0.2, -0.15) is 0 Å². The third-order valence-corrected chi connectivity index (χ3v) is 3.40. The van der Waals surface area contributed by atoms with E-state index in [1.54, 1.807) is 24.4 Å². The van der Waals surface area contributed by atoms with Gasteiger partial charge in [0, 0.05) is 36.6 Å². The Morgan fingerprint density at radius 3 is 1.85 bits per heavy atom. The summed E-state index contributed by atoms with van der Waals surface area (Å²) in [5.41, 5.74) is 3.86. The maximum atomic E-state index is 7.23. The SMILES string of the molecule is [2H]C([2H])([2H])c1ccc(-c2[c-]cccc2)nc1.[Ir].[c-]1ccccc1-c1ccccn1. The molecule has 0 saturated heterocycles. The van der Waals surface area contributed by atoms with E-state index in [1.165, 1.54) is 6.20 Å². The summed E-state index contributed by atoms with van der Waals surface area (Å²) in [6.45, 7) is -2.09. The number of hydrogen-bond donors (Lipinski definition) is 0. The van der Waals surface area contributed by atoms with Crippen LogP contribution in [0.4, 0.5) is 0 Å². The van der Waals surface area contributed by atoms with Crippen molar-refractivity contribution in [2.75, 3.05) is 0 Å². The largest absolute Gasteiger partial charge is 0.305 e. The Hall–Kier alpha value is -2.61. The molecule has 131 valence electrons. The molecule has 4 aromatic rings. The van der Waals surface area contributed by atoms with Crippen LogP contribution in [0.15, 0.2) is 91.3 Å². The number of benzene rings is 2. The third-order valence-electron chi connectivity index (χ3n) is 3.40. The second-order valence-corrected chi connectivity index (χ2v) is 5.20. The Morgan fingerprint density at radius 2 is 1.38 bits per heavy atom. The van der Waals surface area contributed by atoms with Crippen LogP contribution in [0.3, 0.4) is 0 Å². The summed E-state index contributed by atoms with van der Waals surface area (Å²) < 4.78 is 21.7. The molecule has 4 rings (SSSR count). The zero-order chi connectivity index (χ0) is 19.8. The van der Waals surface area contributed by atoms with E-state index < -0.39 is 6.85 Å². The van der Waals surface area contributed by atoms with Crippen LogP contribution >= 0.6 is 0 Å². The monoisotopic (exact) mass is 518 g/mol. The van der Waals surface area contributed by atoms with Crippen LogP contribution in [0.1, 0.15) is 9.68 Å². The normalized spacial score (nSPS) is 11.6. The average molecular weight is 518 g/mol. The minimum Gasteiger partial charge on any atom is -0.305 e. The fourth-order valence-electron chi connectivity index (χ4n) is 2.18. The zero-order valence-corrected chi connectivity index (χ0v) is 16.3. The third kappa shape index (κ3) is 5.73. The summed E-state index contributed by atoms with van der Waals surface area (Å²) in [7, 11) is 0. The van der Waals surface area contributed by atoms with Crippen LogP contribution in [-0.2, 0) is 20.1 Å². The van der Waals surface area contributed by atoms with Crippen molar-refractivity contribution in [3.63, 3.8) is 0 Å². The topological polar surface area (TPSA) is 25.8 Å². The number of rotatable bonds is 2. The molecule has 26 heavy (non-hydrogen) atoms. The fraction of sp³-hybridized carbons (Fsp3) is 0.0435. The summed E-state index contributed by atoms with van der Waals surface area (Å²) in [5, 5.41) is 0. The van der Waals surface area contributed by atoms with Gasteiger partial charge in [-0.1, -0.05) is 24.3 Å². The molecule has 0 atom stereocenters. The van der Waals surface area contributed by atoms with Gasteiger partial charge in [0.15, 0.2) is 0 Å². The minimum absolute atomic E-state index is 0. The quantitative estimate of drug-likeness (QED) is 0.333. The van der Waals surface area contributed by atoms with Crippen LogP contribution in [0.2, 0.25) is 0 Å². The van der Waals surface area contributed by atoms with Crippen molar-refractivity contribution in [3.8, 4) is 22.5 Å². The summed E-state index contributed by atoms with van der Waals surface area (Å²) in [4.78, 5) is 8.34. The van der Waals surface area contributed by atoms with Gasteiger partial charge in [-0.25, -0.2) is 0 Å². The van der Waals surface area contributed by atoms with Crippen molar-refractivity contribution < 1.29 is 24.2 Å². The van der Waals surface area contributed by atoms with Crippen molar-refractivity contribution in [2.24, 2.45) is 0 Å². The second-order valence-electron chi connectivity index (χ2n) is 5.20. The molecule has 2 nitrogen and oxygen atoms in total. The molecule has 0 amide bonds. The molecule has 0 bridgehead atoms. The van der Waals surface area contributed by atoms with E-state index >= 15 is 0 Å². The summed E-state index contributed by atoms with van der Waals surface area (Å²) >= 11 is 0. The fourth-order valence-corrected chi connectivity index (χ4v) is 2.18. The molecule has 0 saturated carbocycles. The summed E-state index contributed by atoms with van der Waals surface area (Å²) in [6, 6.07) is 30.6. The number of aryl methyl sites for hydroxylation is 1.